The lowest BCUT2D eigenvalue weighted by molar-refractivity contribution is -0.113. The van der Waals surface area contributed by atoms with E-state index in [1.165, 1.54) is 17.2 Å². The van der Waals surface area contributed by atoms with E-state index in [9.17, 15) is 14.7 Å². The normalized spacial score (nSPS) is 20.0. The third kappa shape index (κ3) is 6.17. The highest BCUT2D eigenvalue weighted by Crippen LogP contribution is 2.51. The standard InChI is InChI=1S/C27H33NO3/c1-18(9-8-10-19(2)17-25(28)29)13-15-23-20(3)14-16-24(27(23,4)5)21-11-6-7-12-22(21)26(30)31/h6-13,15,17,24H,14,16H2,1-5H3,(H2,28,29)(H,30,31)/b10-8+,15-13+,18-9+,19-17+. The number of rotatable bonds is 7. The minimum atomic E-state index is -0.874. The maximum atomic E-state index is 11.8. The van der Waals surface area contributed by atoms with E-state index in [2.05, 4.69) is 32.9 Å². The number of carbonyl (C=O) groups is 2. The zero-order chi connectivity index (χ0) is 23.2. The number of amides is 1. The molecule has 0 saturated carbocycles. The van der Waals surface area contributed by atoms with E-state index in [1.807, 2.05) is 44.2 Å². The molecule has 1 aromatic carbocycles. The first-order valence-corrected chi connectivity index (χ1v) is 10.6. The smallest absolute Gasteiger partial charge is 0.335 e. The Kier molecular flexibility index (Phi) is 7.98. The Morgan fingerprint density at radius 2 is 1.81 bits per heavy atom. The monoisotopic (exact) mass is 419 g/mol. The van der Waals surface area contributed by atoms with Crippen LogP contribution in [0.2, 0.25) is 0 Å². The highest BCUT2D eigenvalue weighted by atomic mass is 16.4. The lowest BCUT2D eigenvalue weighted by Gasteiger charge is -2.41. The Bertz CT molecular complexity index is 1000. The molecular weight excluding hydrogens is 386 g/mol. The SMILES string of the molecule is CC1=C(/C=C/C(C)=C/C=C/C(C)=C/C(N)=O)C(C)(C)C(c2ccccc2C(=O)O)CC1. The fraction of sp³-hybridized carbons (Fsp3) is 0.333. The highest BCUT2D eigenvalue weighted by molar-refractivity contribution is 5.89. The van der Waals surface area contributed by atoms with E-state index >= 15 is 0 Å². The summed E-state index contributed by atoms with van der Waals surface area (Å²) < 4.78 is 0. The summed E-state index contributed by atoms with van der Waals surface area (Å²) in [7, 11) is 0. The Hall–Kier alpha value is -3.14. The second kappa shape index (κ2) is 10.3. The molecule has 1 aromatic rings. The van der Waals surface area contributed by atoms with Gasteiger partial charge in [-0.1, -0.05) is 73.6 Å². The molecule has 0 spiro atoms. The van der Waals surface area contributed by atoms with Gasteiger partial charge in [0, 0.05) is 6.08 Å². The molecule has 0 radical (unpaired) electrons. The molecule has 4 heteroatoms. The van der Waals surface area contributed by atoms with Crippen molar-refractivity contribution >= 4 is 11.9 Å². The molecule has 0 aromatic heterocycles. The summed E-state index contributed by atoms with van der Waals surface area (Å²) in [5, 5.41) is 9.66. The predicted molar refractivity (Wildman–Crippen MR) is 127 cm³/mol. The Morgan fingerprint density at radius 3 is 2.45 bits per heavy atom. The van der Waals surface area contributed by atoms with Gasteiger partial charge in [-0.15, -0.1) is 0 Å². The van der Waals surface area contributed by atoms with Crippen molar-refractivity contribution in [2.24, 2.45) is 11.1 Å². The molecule has 0 bridgehead atoms. The van der Waals surface area contributed by atoms with E-state index in [4.69, 9.17) is 5.73 Å². The van der Waals surface area contributed by atoms with Crippen LogP contribution in [-0.4, -0.2) is 17.0 Å². The van der Waals surface area contributed by atoms with Crippen LogP contribution in [0.3, 0.4) is 0 Å². The van der Waals surface area contributed by atoms with E-state index in [0.29, 0.717) is 5.56 Å². The summed E-state index contributed by atoms with van der Waals surface area (Å²) in [6.07, 6.45) is 13.2. The fourth-order valence-electron chi connectivity index (χ4n) is 4.39. The molecule has 1 unspecified atom stereocenters. The molecule has 2 rings (SSSR count). The first kappa shape index (κ1) is 24.1. The number of carboxylic acids is 1. The largest absolute Gasteiger partial charge is 0.478 e. The Morgan fingerprint density at radius 1 is 1.13 bits per heavy atom. The van der Waals surface area contributed by atoms with Gasteiger partial charge < -0.3 is 10.8 Å². The van der Waals surface area contributed by atoms with Gasteiger partial charge >= 0.3 is 5.97 Å². The molecule has 1 atom stereocenters. The van der Waals surface area contributed by atoms with Crippen LogP contribution in [0, 0.1) is 5.41 Å². The first-order valence-electron chi connectivity index (χ1n) is 10.6. The van der Waals surface area contributed by atoms with E-state index in [-0.39, 0.29) is 11.3 Å². The van der Waals surface area contributed by atoms with Crippen LogP contribution in [0.5, 0.6) is 0 Å². The molecule has 1 aliphatic rings. The van der Waals surface area contributed by atoms with Crippen molar-refractivity contribution in [1.29, 1.82) is 0 Å². The van der Waals surface area contributed by atoms with Crippen molar-refractivity contribution in [2.45, 2.75) is 53.4 Å². The van der Waals surface area contributed by atoms with Crippen LogP contribution in [0.1, 0.15) is 69.3 Å². The van der Waals surface area contributed by atoms with Crippen molar-refractivity contribution in [3.8, 4) is 0 Å². The third-order valence-electron chi connectivity index (χ3n) is 6.00. The van der Waals surface area contributed by atoms with Crippen LogP contribution in [0.15, 0.2) is 83.0 Å². The highest BCUT2D eigenvalue weighted by Gasteiger charge is 2.38. The Labute approximate surface area is 185 Å². The van der Waals surface area contributed by atoms with Crippen LogP contribution >= 0.6 is 0 Å². The van der Waals surface area contributed by atoms with Crippen molar-refractivity contribution in [3.63, 3.8) is 0 Å². The van der Waals surface area contributed by atoms with Crippen LogP contribution in [0.4, 0.5) is 0 Å². The van der Waals surface area contributed by atoms with E-state index in [0.717, 1.165) is 29.6 Å². The molecule has 0 heterocycles. The van der Waals surface area contributed by atoms with Gasteiger partial charge in [0.1, 0.15) is 0 Å². The van der Waals surface area contributed by atoms with Crippen molar-refractivity contribution in [2.75, 3.05) is 0 Å². The number of allylic oxidation sites excluding steroid dienone is 9. The number of carboxylic acid groups (broad SMARTS) is 1. The summed E-state index contributed by atoms with van der Waals surface area (Å²) >= 11 is 0. The lowest BCUT2D eigenvalue weighted by atomic mass is 9.62. The van der Waals surface area contributed by atoms with Gasteiger partial charge in [-0.25, -0.2) is 4.79 Å². The van der Waals surface area contributed by atoms with Crippen molar-refractivity contribution in [3.05, 3.63) is 94.1 Å². The van der Waals surface area contributed by atoms with Gasteiger partial charge in [0.2, 0.25) is 5.91 Å². The zero-order valence-electron chi connectivity index (χ0n) is 19.1. The summed E-state index contributed by atoms with van der Waals surface area (Å²) in [6.45, 7) is 10.4. The van der Waals surface area contributed by atoms with Gasteiger partial charge in [0.15, 0.2) is 0 Å². The topological polar surface area (TPSA) is 80.4 Å². The van der Waals surface area contributed by atoms with Gasteiger partial charge in [-0.2, -0.15) is 0 Å². The van der Waals surface area contributed by atoms with E-state index in [1.54, 1.807) is 12.1 Å². The number of benzene rings is 1. The van der Waals surface area contributed by atoms with Gasteiger partial charge in [0.25, 0.3) is 0 Å². The molecule has 164 valence electrons. The van der Waals surface area contributed by atoms with E-state index < -0.39 is 11.9 Å². The summed E-state index contributed by atoms with van der Waals surface area (Å²) in [5.41, 5.74) is 10.7. The second-order valence-corrected chi connectivity index (χ2v) is 8.79. The number of primary amides is 1. The van der Waals surface area contributed by atoms with Crippen molar-refractivity contribution in [1.82, 2.24) is 0 Å². The zero-order valence-corrected chi connectivity index (χ0v) is 19.1. The van der Waals surface area contributed by atoms with Gasteiger partial charge in [0.05, 0.1) is 5.56 Å². The number of aromatic carboxylic acids is 1. The molecule has 0 aliphatic heterocycles. The molecular formula is C27H33NO3. The first-order chi connectivity index (χ1) is 14.5. The summed E-state index contributed by atoms with van der Waals surface area (Å²) in [4.78, 5) is 22.7. The molecule has 1 aliphatic carbocycles. The van der Waals surface area contributed by atoms with Crippen LogP contribution < -0.4 is 5.73 Å². The summed E-state index contributed by atoms with van der Waals surface area (Å²) in [6, 6.07) is 7.36. The van der Waals surface area contributed by atoms with Crippen molar-refractivity contribution < 1.29 is 14.7 Å². The average Bonchev–Trinajstić information content (AvgIpc) is 2.66. The molecule has 0 saturated heterocycles. The minimum absolute atomic E-state index is 0.133. The van der Waals surface area contributed by atoms with Crippen LogP contribution in [0.25, 0.3) is 0 Å². The summed E-state index contributed by atoms with van der Waals surface area (Å²) in [5.74, 6) is -1.20. The maximum absolute atomic E-state index is 11.8. The average molecular weight is 420 g/mol. The third-order valence-corrected chi connectivity index (χ3v) is 6.00. The number of hydrogen-bond donors (Lipinski definition) is 2. The minimum Gasteiger partial charge on any atom is -0.478 e. The molecule has 3 N–H and O–H groups in total. The predicted octanol–water partition coefficient (Wildman–Crippen LogP) is 6.10. The van der Waals surface area contributed by atoms with Gasteiger partial charge in [-0.3, -0.25) is 4.79 Å². The molecule has 1 amide bonds. The van der Waals surface area contributed by atoms with Crippen LogP contribution in [-0.2, 0) is 4.79 Å². The molecule has 4 nitrogen and oxygen atoms in total. The maximum Gasteiger partial charge on any atom is 0.335 e. The molecule has 0 fully saturated rings. The number of carbonyl (C=O) groups excluding carboxylic acids is 1. The second-order valence-electron chi connectivity index (χ2n) is 8.79. The fourth-order valence-corrected chi connectivity index (χ4v) is 4.39. The quantitative estimate of drug-likeness (QED) is 0.414. The Balaban J connectivity index is 2.30. The lowest BCUT2D eigenvalue weighted by Crippen LogP contribution is -2.29. The number of hydrogen-bond acceptors (Lipinski definition) is 2. The molecule has 31 heavy (non-hydrogen) atoms. The number of nitrogens with two attached hydrogens (primary N) is 1. The van der Waals surface area contributed by atoms with Gasteiger partial charge in [-0.05, 0) is 67.7 Å².